The van der Waals surface area contributed by atoms with Crippen molar-refractivity contribution in [3.8, 4) is 0 Å². The number of thiazole rings is 1. The molecule has 142 valence electrons. The minimum Gasteiger partial charge on any atom is -0.461 e. The van der Waals surface area contributed by atoms with Crippen LogP contribution in [-0.2, 0) is 11.3 Å². The highest BCUT2D eigenvalue weighted by Crippen LogP contribution is 2.31. The molecule has 27 heavy (non-hydrogen) atoms. The van der Waals surface area contributed by atoms with E-state index < -0.39 is 0 Å². The van der Waals surface area contributed by atoms with Crippen LogP contribution in [0.5, 0.6) is 0 Å². The van der Waals surface area contributed by atoms with E-state index in [1.807, 2.05) is 23.6 Å². The fourth-order valence-corrected chi connectivity index (χ4v) is 4.19. The predicted molar refractivity (Wildman–Crippen MR) is 104 cm³/mol. The van der Waals surface area contributed by atoms with Gasteiger partial charge >= 0.3 is 5.97 Å². The molecule has 1 aliphatic heterocycles. The van der Waals surface area contributed by atoms with Crippen molar-refractivity contribution in [1.29, 1.82) is 0 Å². The van der Waals surface area contributed by atoms with Gasteiger partial charge in [0.15, 0.2) is 11.5 Å². The molecule has 0 unspecified atom stereocenters. The molecule has 0 bridgehead atoms. The number of nitrogens with zero attached hydrogens (tertiary/aromatic N) is 3. The Morgan fingerprint density at radius 2 is 2.19 bits per heavy atom. The number of carbonyl (C=O) groups is 1. The fraction of sp³-hybridized carbons (Fsp3) is 0.421. The van der Waals surface area contributed by atoms with E-state index in [1.165, 1.54) is 11.3 Å². The van der Waals surface area contributed by atoms with Gasteiger partial charge in [0.1, 0.15) is 5.52 Å². The molecule has 2 aromatic heterocycles. The van der Waals surface area contributed by atoms with Crippen molar-refractivity contribution in [1.82, 2.24) is 14.9 Å². The summed E-state index contributed by atoms with van der Waals surface area (Å²) in [7, 11) is 0. The van der Waals surface area contributed by atoms with E-state index in [2.05, 4.69) is 14.9 Å². The molecule has 3 aromatic rings. The molecule has 0 saturated carbocycles. The molecule has 0 atom stereocenters. The molecular weight excluding hydrogens is 386 g/mol. The minimum atomic E-state index is -0.344. The minimum absolute atomic E-state index is 0.318. The topological polar surface area (TPSA) is 68.5 Å². The number of ether oxygens (including phenoxy) is 1. The monoisotopic (exact) mass is 405 g/mol. The Hall–Kier alpha value is -1.96. The maximum absolute atomic E-state index is 11.7. The third-order valence-corrected chi connectivity index (χ3v) is 5.80. The Kier molecular flexibility index (Phi) is 5.43. The summed E-state index contributed by atoms with van der Waals surface area (Å²) in [4.78, 5) is 23.1. The molecule has 1 saturated heterocycles. The Balaban J connectivity index is 1.35. The Morgan fingerprint density at radius 3 is 2.96 bits per heavy atom. The molecule has 0 radical (unpaired) electrons. The van der Waals surface area contributed by atoms with Gasteiger partial charge in [0.2, 0.25) is 5.01 Å². The van der Waals surface area contributed by atoms with Crippen LogP contribution in [0.4, 0.5) is 0 Å². The second-order valence-electron chi connectivity index (χ2n) is 6.58. The predicted octanol–water partition coefficient (Wildman–Crippen LogP) is 4.49. The molecule has 1 aromatic carbocycles. The number of oxazole rings is 1. The average molecular weight is 406 g/mol. The molecular formula is C19H20ClN3O3S. The molecule has 3 heterocycles. The molecule has 0 aliphatic carbocycles. The quantitative estimate of drug-likeness (QED) is 0.582. The summed E-state index contributed by atoms with van der Waals surface area (Å²) in [5.74, 6) is 0.770. The van der Waals surface area contributed by atoms with Crippen LogP contribution in [0.1, 0.15) is 47.1 Å². The lowest BCUT2D eigenvalue weighted by Gasteiger charge is -2.29. The molecule has 4 rings (SSSR count). The van der Waals surface area contributed by atoms with E-state index in [0.717, 1.165) is 55.2 Å². The molecule has 0 spiro atoms. The smallest absolute Gasteiger partial charge is 0.367 e. The van der Waals surface area contributed by atoms with E-state index in [4.69, 9.17) is 20.8 Å². The normalized spacial score (nSPS) is 16.1. The van der Waals surface area contributed by atoms with Crippen molar-refractivity contribution < 1.29 is 13.9 Å². The maximum atomic E-state index is 11.7. The van der Waals surface area contributed by atoms with Gasteiger partial charge in [-0.1, -0.05) is 11.6 Å². The van der Waals surface area contributed by atoms with Crippen molar-refractivity contribution in [2.45, 2.75) is 32.2 Å². The van der Waals surface area contributed by atoms with Gasteiger partial charge in [-0.3, -0.25) is 4.90 Å². The van der Waals surface area contributed by atoms with Gasteiger partial charge in [0.05, 0.1) is 12.3 Å². The van der Waals surface area contributed by atoms with Crippen molar-refractivity contribution in [3.05, 3.63) is 45.2 Å². The van der Waals surface area contributed by atoms with Crippen molar-refractivity contribution in [2.24, 2.45) is 0 Å². The number of hydrogen-bond donors (Lipinski definition) is 0. The number of esters is 1. The highest BCUT2D eigenvalue weighted by molar-refractivity contribution is 7.11. The summed E-state index contributed by atoms with van der Waals surface area (Å²) in [5.41, 5.74) is 2.51. The number of carbonyl (C=O) groups excluding carboxylic acids is 1. The van der Waals surface area contributed by atoms with E-state index >= 15 is 0 Å². The number of fused-ring (bicyclic) bond motifs is 1. The number of aromatic nitrogens is 2. The summed E-state index contributed by atoms with van der Waals surface area (Å²) in [5, 5.41) is 3.03. The van der Waals surface area contributed by atoms with Crippen LogP contribution >= 0.6 is 22.9 Å². The van der Waals surface area contributed by atoms with Crippen LogP contribution < -0.4 is 0 Å². The lowest BCUT2D eigenvalue weighted by molar-refractivity contribution is 0.0525. The van der Waals surface area contributed by atoms with Gasteiger partial charge in [0, 0.05) is 22.9 Å². The lowest BCUT2D eigenvalue weighted by atomic mass is 9.97. The molecule has 6 nitrogen and oxygen atoms in total. The number of halogens is 1. The second-order valence-corrected chi connectivity index (χ2v) is 7.87. The SMILES string of the molecule is CCOC(=O)c1nc(CN2CCC(c3nc4cc(Cl)ccc4o3)CC2)cs1. The average Bonchev–Trinajstić information content (AvgIpc) is 3.29. The fourth-order valence-electron chi connectivity index (χ4n) is 3.33. The van der Waals surface area contributed by atoms with Crippen molar-refractivity contribution in [2.75, 3.05) is 19.7 Å². The number of likely N-dealkylation sites (tertiary alicyclic amines) is 1. The first kappa shape index (κ1) is 18.4. The zero-order valence-corrected chi connectivity index (χ0v) is 16.6. The standard InChI is InChI=1S/C19H20ClN3O3S/c1-2-25-19(24)18-21-14(11-27-18)10-23-7-5-12(6-8-23)17-22-15-9-13(20)3-4-16(15)26-17/h3-4,9,11-12H,2,5-8,10H2,1H3. The highest BCUT2D eigenvalue weighted by atomic mass is 35.5. The molecule has 8 heteroatoms. The van der Waals surface area contributed by atoms with E-state index in [-0.39, 0.29) is 5.97 Å². The molecule has 1 aliphatic rings. The molecule has 0 amide bonds. The van der Waals surface area contributed by atoms with E-state index in [0.29, 0.717) is 22.6 Å². The van der Waals surface area contributed by atoms with Crippen LogP contribution in [0, 0.1) is 0 Å². The van der Waals surface area contributed by atoms with Gasteiger partial charge in [-0.2, -0.15) is 0 Å². The third-order valence-electron chi connectivity index (χ3n) is 4.69. The van der Waals surface area contributed by atoms with Crippen molar-refractivity contribution >= 4 is 40.0 Å². The number of piperidine rings is 1. The molecule has 1 fully saturated rings. The van der Waals surface area contributed by atoms with Gasteiger partial charge in [-0.05, 0) is 51.1 Å². The Bertz CT molecular complexity index is 947. The van der Waals surface area contributed by atoms with Crippen LogP contribution in [-0.4, -0.2) is 40.5 Å². The van der Waals surface area contributed by atoms with Gasteiger partial charge in [0.25, 0.3) is 0 Å². The van der Waals surface area contributed by atoms with Gasteiger partial charge in [-0.15, -0.1) is 11.3 Å². The summed E-state index contributed by atoms with van der Waals surface area (Å²) >= 11 is 7.37. The summed E-state index contributed by atoms with van der Waals surface area (Å²) < 4.78 is 10.9. The van der Waals surface area contributed by atoms with E-state index in [9.17, 15) is 4.79 Å². The van der Waals surface area contributed by atoms with Crippen LogP contribution in [0.2, 0.25) is 5.02 Å². The first-order valence-corrected chi connectivity index (χ1v) is 10.3. The zero-order chi connectivity index (χ0) is 18.8. The first-order chi connectivity index (χ1) is 13.1. The van der Waals surface area contributed by atoms with Gasteiger partial charge in [-0.25, -0.2) is 14.8 Å². The highest BCUT2D eigenvalue weighted by Gasteiger charge is 2.25. The Morgan fingerprint density at radius 1 is 1.37 bits per heavy atom. The lowest BCUT2D eigenvalue weighted by Crippen LogP contribution is -2.32. The summed E-state index contributed by atoms with van der Waals surface area (Å²) in [6.45, 7) is 4.78. The van der Waals surface area contributed by atoms with Crippen LogP contribution in [0.15, 0.2) is 28.0 Å². The van der Waals surface area contributed by atoms with Crippen LogP contribution in [0.25, 0.3) is 11.1 Å². The number of benzene rings is 1. The maximum Gasteiger partial charge on any atom is 0.367 e. The molecule has 0 N–H and O–H groups in total. The first-order valence-electron chi connectivity index (χ1n) is 9.02. The van der Waals surface area contributed by atoms with Gasteiger partial charge < -0.3 is 9.15 Å². The van der Waals surface area contributed by atoms with E-state index in [1.54, 1.807) is 6.92 Å². The third kappa shape index (κ3) is 4.15. The zero-order valence-electron chi connectivity index (χ0n) is 15.0. The number of rotatable bonds is 5. The Labute approximate surface area is 166 Å². The number of hydrogen-bond acceptors (Lipinski definition) is 7. The van der Waals surface area contributed by atoms with Crippen LogP contribution in [0.3, 0.4) is 0 Å². The van der Waals surface area contributed by atoms with Crippen molar-refractivity contribution in [3.63, 3.8) is 0 Å². The second kappa shape index (κ2) is 7.96. The largest absolute Gasteiger partial charge is 0.461 e. The summed E-state index contributed by atoms with van der Waals surface area (Å²) in [6.07, 6.45) is 1.96. The summed E-state index contributed by atoms with van der Waals surface area (Å²) in [6, 6.07) is 5.52.